The lowest BCUT2D eigenvalue weighted by Gasteiger charge is -2.29. The Labute approximate surface area is 183 Å². The van der Waals surface area contributed by atoms with E-state index in [0.29, 0.717) is 11.6 Å². The number of carbonyl (C=O) groups excluding carboxylic acids is 2. The van der Waals surface area contributed by atoms with Gasteiger partial charge in [-0.15, -0.1) is 22.6 Å². The number of Topliss-reactive ketones (excluding diaryl/α,β-unsaturated/α-hetero) is 1. The number of methoxy groups -OCH3 is 1. The highest BCUT2D eigenvalue weighted by Crippen LogP contribution is 2.25. The number of ketones is 1. The van der Waals surface area contributed by atoms with Crippen molar-refractivity contribution in [3.63, 3.8) is 0 Å². The van der Waals surface area contributed by atoms with Crippen LogP contribution in [-0.2, 0) is 9.53 Å². The number of hydrogen-bond acceptors (Lipinski definition) is 8. The van der Waals surface area contributed by atoms with E-state index < -0.39 is 11.6 Å². The normalized spacial score (nSPS) is 16.1. The lowest BCUT2D eigenvalue weighted by molar-refractivity contribution is -0.126. The number of carbonyl (C=O) groups is 2. The van der Waals surface area contributed by atoms with E-state index in [-0.39, 0.29) is 35.9 Å². The lowest BCUT2D eigenvalue weighted by Crippen LogP contribution is -2.48. The summed E-state index contributed by atoms with van der Waals surface area (Å²) in [6.07, 6.45) is 5.33. The molecule has 2 rings (SSSR count). The molecule has 29 heavy (non-hydrogen) atoms. The molecule has 1 aliphatic rings. The Balaban J connectivity index is 0.00000420. The Bertz CT molecular complexity index is 650. The molecule has 0 radical (unpaired) electrons. The molecule has 10 heteroatoms. The molecule has 1 aliphatic carbocycles. The zero-order valence-electron chi connectivity index (χ0n) is 17.7. The highest BCUT2D eigenvalue weighted by Gasteiger charge is 2.34. The van der Waals surface area contributed by atoms with Gasteiger partial charge in [0.1, 0.15) is 6.04 Å². The Hall–Kier alpha value is -1.16. The van der Waals surface area contributed by atoms with Gasteiger partial charge in [-0.1, -0.05) is 31.0 Å². The van der Waals surface area contributed by atoms with Crippen molar-refractivity contribution >= 4 is 35.9 Å². The number of amides is 1. The van der Waals surface area contributed by atoms with Crippen molar-refractivity contribution in [3.8, 4) is 0 Å². The van der Waals surface area contributed by atoms with Crippen LogP contribution in [0.2, 0.25) is 0 Å². The van der Waals surface area contributed by atoms with Gasteiger partial charge >= 0.3 is 0 Å². The zero-order chi connectivity index (χ0) is 20.6. The molecule has 1 unspecified atom stereocenters. The van der Waals surface area contributed by atoms with Crippen LogP contribution < -0.4 is 10.6 Å². The molecule has 1 saturated carbocycles. The van der Waals surface area contributed by atoms with Crippen LogP contribution in [0.15, 0.2) is 9.64 Å². The van der Waals surface area contributed by atoms with E-state index in [1.807, 2.05) is 20.9 Å². The fourth-order valence-electron chi connectivity index (χ4n) is 3.20. The zero-order valence-corrected chi connectivity index (χ0v) is 19.3. The van der Waals surface area contributed by atoms with E-state index in [9.17, 15) is 9.59 Å². The van der Waals surface area contributed by atoms with Crippen LogP contribution in [0, 0.1) is 5.92 Å². The van der Waals surface area contributed by atoms with Gasteiger partial charge in [-0.2, -0.15) is 0 Å². The summed E-state index contributed by atoms with van der Waals surface area (Å²) in [4.78, 5) is 25.7. The molecule has 2 N–H and O–H groups in total. The van der Waals surface area contributed by atoms with Gasteiger partial charge in [0.15, 0.2) is 0 Å². The average molecular weight is 449 g/mol. The summed E-state index contributed by atoms with van der Waals surface area (Å²) in [5, 5.41) is 14.1. The summed E-state index contributed by atoms with van der Waals surface area (Å²) < 4.78 is 11.0. The predicted molar refractivity (Wildman–Crippen MR) is 115 cm³/mol. The maximum Gasteiger partial charge on any atom is 0.286 e. The van der Waals surface area contributed by atoms with Gasteiger partial charge < -0.3 is 19.8 Å². The third-order valence-corrected chi connectivity index (χ3v) is 5.87. The number of aromatic nitrogens is 2. The van der Waals surface area contributed by atoms with E-state index >= 15 is 0 Å². The van der Waals surface area contributed by atoms with Crippen LogP contribution in [0.3, 0.4) is 0 Å². The summed E-state index contributed by atoms with van der Waals surface area (Å²) in [6.45, 7) is 4.55. The largest absolute Gasteiger partial charge is 0.408 e. The van der Waals surface area contributed by atoms with E-state index in [4.69, 9.17) is 9.15 Å². The Morgan fingerprint density at radius 2 is 1.97 bits per heavy atom. The quantitative estimate of drug-likeness (QED) is 0.302. The van der Waals surface area contributed by atoms with Crippen LogP contribution in [0.4, 0.5) is 0 Å². The van der Waals surface area contributed by atoms with Crippen molar-refractivity contribution in [2.45, 2.75) is 69.2 Å². The van der Waals surface area contributed by atoms with E-state index in [1.54, 1.807) is 7.11 Å². The van der Waals surface area contributed by atoms with Gasteiger partial charge in [-0.05, 0) is 33.7 Å². The van der Waals surface area contributed by atoms with Gasteiger partial charge in [0, 0.05) is 31.7 Å². The van der Waals surface area contributed by atoms with Gasteiger partial charge in [0.2, 0.25) is 11.7 Å². The SMILES string of the molecule is CNCCSc1nnc(C(=O)C(CC(C)(C)OC)NC(=O)C2CCCCC2)o1.Cl. The average Bonchev–Trinajstić information content (AvgIpc) is 3.16. The minimum absolute atomic E-state index is 0. The predicted octanol–water partition coefficient (Wildman–Crippen LogP) is 2.87. The monoisotopic (exact) mass is 448 g/mol. The number of hydrogen-bond donors (Lipinski definition) is 2. The standard InChI is InChI=1S/C19H32N4O4S.ClH/c1-19(2,26-4)12-14(21-16(25)13-8-6-5-7-9-13)15(24)17-22-23-18(27-17)28-11-10-20-3;/h13-14,20H,5-12H2,1-4H3,(H,21,25);1H. The van der Waals surface area contributed by atoms with E-state index in [2.05, 4.69) is 20.8 Å². The third-order valence-electron chi connectivity index (χ3n) is 5.05. The fourth-order valence-corrected chi connectivity index (χ4v) is 3.91. The van der Waals surface area contributed by atoms with Crippen LogP contribution in [0.1, 0.15) is 63.1 Å². The van der Waals surface area contributed by atoms with Crippen LogP contribution in [0.25, 0.3) is 0 Å². The minimum atomic E-state index is -0.764. The van der Waals surface area contributed by atoms with Crippen molar-refractivity contribution in [1.82, 2.24) is 20.8 Å². The third kappa shape index (κ3) is 8.24. The minimum Gasteiger partial charge on any atom is -0.408 e. The highest BCUT2D eigenvalue weighted by atomic mass is 35.5. The van der Waals surface area contributed by atoms with Gasteiger partial charge in [0.25, 0.3) is 11.1 Å². The molecule has 8 nitrogen and oxygen atoms in total. The summed E-state index contributed by atoms with van der Waals surface area (Å²) in [7, 11) is 3.45. The maximum atomic E-state index is 13.0. The second-order valence-electron chi connectivity index (χ2n) is 7.75. The molecular weight excluding hydrogens is 416 g/mol. The number of nitrogens with one attached hydrogen (secondary N) is 2. The molecule has 0 spiro atoms. The Morgan fingerprint density at radius 1 is 1.28 bits per heavy atom. The molecular formula is C19H33ClN4O4S. The molecule has 1 heterocycles. The summed E-state index contributed by atoms with van der Waals surface area (Å²) in [5.74, 6) is 0.193. The van der Waals surface area contributed by atoms with Crippen molar-refractivity contribution in [2.24, 2.45) is 5.92 Å². The highest BCUT2D eigenvalue weighted by molar-refractivity contribution is 7.99. The molecule has 1 amide bonds. The molecule has 0 aromatic carbocycles. The van der Waals surface area contributed by atoms with Crippen LogP contribution in [-0.4, -0.2) is 60.0 Å². The van der Waals surface area contributed by atoms with Crippen molar-refractivity contribution in [2.75, 3.05) is 26.5 Å². The first kappa shape index (κ1) is 25.9. The van der Waals surface area contributed by atoms with E-state index in [1.165, 1.54) is 18.2 Å². The Morgan fingerprint density at radius 3 is 2.59 bits per heavy atom. The number of thioether (sulfide) groups is 1. The van der Waals surface area contributed by atoms with Crippen molar-refractivity contribution in [3.05, 3.63) is 5.89 Å². The van der Waals surface area contributed by atoms with Gasteiger partial charge in [-0.25, -0.2) is 0 Å². The summed E-state index contributed by atoms with van der Waals surface area (Å²) in [6, 6.07) is -0.764. The molecule has 0 aliphatic heterocycles. The van der Waals surface area contributed by atoms with Gasteiger partial charge in [0.05, 0.1) is 5.60 Å². The smallest absolute Gasteiger partial charge is 0.286 e. The van der Waals surface area contributed by atoms with Gasteiger partial charge in [-0.3, -0.25) is 9.59 Å². The topological polar surface area (TPSA) is 106 Å². The molecule has 0 saturated heterocycles. The first-order valence-electron chi connectivity index (χ1n) is 9.87. The fraction of sp³-hybridized carbons (Fsp3) is 0.789. The van der Waals surface area contributed by atoms with E-state index in [0.717, 1.165) is 38.0 Å². The lowest BCUT2D eigenvalue weighted by atomic mass is 9.88. The molecule has 1 atom stereocenters. The number of rotatable bonds is 11. The molecule has 0 bridgehead atoms. The Kier molecular flexibility index (Phi) is 11.2. The molecule has 1 aromatic heterocycles. The van der Waals surface area contributed by atoms with Crippen LogP contribution in [0.5, 0.6) is 0 Å². The van der Waals surface area contributed by atoms with Crippen LogP contribution >= 0.6 is 24.2 Å². The second-order valence-corrected chi connectivity index (χ2v) is 8.80. The maximum absolute atomic E-state index is 13.0. The van der Waals surface area contributed by atoms with Crippen molar-refractivity contribution < 1.29 is 18.7 Å². The number of nitrogens with zero attached hydrogens (tertiary/aromatic N) is 2. The number of ether oxygens (including phenoxy) is 1. The molecule has 1 aromatic rings. The first-order chi connectivity index (χ1) is 13.4. The second kappa shape index (κ2) is 12.5. The summed E-state index contributed by atoms with van der Waals surface area (Å²) in [5.41, 5.74) is -0.579. The molecule has 1 fully saturated rings. The molecule has 166 valence electrons. The summed E-state index contributed by atoms with van der Waals surface area (Å²) >= 11 is 1.38. The first-order valence-corrected chi connectivity index (χ1v) is 10.9. The van der Waals surface area contributed by atoms with Crippen molar-refractivity contribution in [1.29, 1.82) is 0 Å². The number of halogens is 1.